The van der Waals surface area contributed by atoms with Gasteiger partial charge in [-0.25, -0.2) is 15.0 Å². The minimum absolute atomic E-state index is 0.369. The number of hydrogen-bond acceptors (Lipinski definition) is 6. The molecule has 0 atom stereocenters. The Labute approximate surface area is 115 Å². The van der Waals surface area contributed by atoms with Gasteiger partial charge in [0.2, 0.25) is 0 Å². The largest absolute Gasteiger partial charge is 0.496 e. The van der Waals surface area contributed by atoms with Crippen molar-refractivity contribution in [2.75, 3.05) is 18.6 Å². The van der Waals surface area contributed by atoms with Gasteiger partial charge in [0.05, 0.1) is 20.0 Å². The zero-order valence-corrected chi connectivity index (χ0v) is 10.9. The van der Waals surface area contributed by atoms with Crippen LogP contribution in [0.5, 0.6) is 5.75 Å². The van der Waals surface area contributed by atoms with E-state index in [2.05, 4.69) is 15.0 Å². The zero-order chi connectivity index (χ0) is 14.1. The lowest BCUT2D eigenvalue weighted by Gasteiger charge is -2.10. The number of methoxy groups -OCH3 is 1. The van der Waals surface area contributed by atoms with Crippen LogP contribution < -0.4 is 16.2 Å². The lowest BCUT2D eigenvalue weighted by atomic mass is 10.1. The maximum atomic E-state index is 5.82. The second-order valence-corrected chi connectivity index (χ2v) is 4.37. The third kappa shape index (κ3) is 1.99. The summed E-state index contributed by atoms with van der Waals surface area (Å²) in [5.41, 5.74) is 14.5. The van der Waals surface area contributed by atoms with Crippen LogP contribution in [-0.2, 0) is 6.54 Å². The van der Waals surface area contributed by atoms with Gasteiger partial charge in [-0.05, 0) is 18.2 Å². The van der Waals surface area contributed by atoms with E-state index in [-0.39, 0.29) is 0 Å². The summed E-state index contributed by atoms with van der Waals surface area (Å²) in [7, 11) is 1.63. The van der Waals surface area contributed by atoms with E-state index in [0.717, 1.165) is 11.3 Å². The van der Waals surface area contributed by atoms with Gasteiger partial charge >= 0.3 is 0 Å². The SMILES string of the molecule is COc1ccc(N)cc1Cn1cnc2c(N)ncnc21. The lowest BCUT2D eigenvalue weighted by molar-refractivity contribution is 0.408. The summed E-state index contributed by atoms with van der Waals surface area (Å²) >= 11 is 0. The molecule has 0 bridgehead atoms. The van der Waals surface area contributed by atoms with Crippen molar-refractivity contribution in [3.63, 3.8) is 0 Å². The van der Waals surface area contributed by atoms with Gasteiger partial charge < -0.3 is 20.8 Å². The second-order valence-electron chi connectivity index (χ2n) is 4.37. The molecule has 0 aliphatic heterocycles. The van der Waals surface area contributed by atoms with Crippen LogP contribution in [0.25, 0.3) is 11.2 Å². The van der Waals surface area contributed by atoms with E-state index < -0.39 is 0 Å². The molecule has 0 saturated carbocycles. The molecule has 102 valence electrons. The van der Waals surface area contributed by atoms with Crippen LogP contribution in [0.3, 0.4) is 0 Å². The first kappa shape index (κ1) is 12.2. The number of benzene rings is 1. The summed E-state index contributed by atoms with van der Waals surface area (Å²) in [6.45, 7) is 0.543. The fourth-order valence-electron chi connectivity index (χ4n) is 2.12. The highest BCUT2D eigenvalue weighted by Crippen LogP contribution is 2.23. The Morgan fingerprint density at radius 3 is 2.85 bits per heavy atom. The number of ether oxygens (including phenoxy) is 1. The molecule has 0 aliphatic carbocycles. The first-order valence-electron chi connectivity index (χ1n) is 6.02. The Kier molecular flexibility index (Phi) is 2.86. The summed E-state index contributed by atoms with van der Waals surface area (Å²) in [6.07, 6.45) is 3.10. The molecule has 7 heteroatoms. The molecule has 3 rings (SSSR count). The van der Waals surface area contributed by atoms with Crippen molar-refractivity contribution in [1.29, 1.82) is 0 Å². The normalized spacial score (nSPS) is 10.8. The lowest BCUT2D eigenvalue weighted by Crippen LogP contribution is -2.03. The van der Waals surface area contributed by atoms with E-state index in [9.17, 15) is 0 Å². The van der Waals surface area contributed by atoms with Crippen LogP contribution in [0.1, 0.15) is 5.56 Å². The summed E-state index contributed by atoms with van der Waals surface area (Å²) in [4.78, 5) is 12.4. The quantitative estimate of drug-likeness (QED) is 0.689. The molecule has 7 nitrogen and oxygen atoms in total. The molecular formula is C13H14N6O. The molecule has 0 amide bonds. The number of nitrogens with two attached hydrogens (primary N) is 2. The third-order valence-corrected chi connectivity index (χ3v) is 3.07. The molecule has 0 unspecified atom stereocenters. The molecule has 0 saturated heterocycles. The van der Waals surface area contributed by atoms with Crippen molar-refractivity contribution >= 4 is 22.7 Å². The second kappa shape index (κ2) is 4.69. The maximum Gasteiger partial charge on any atom is 0.165 e. The van der Waals surface area contributed by atoms with Crippen molar-refractivity contribution in [1.82, 2.24) is 19.5 Å². The van der Waals surface area contributed by atoms with Crippen LogP contribution in [0.15, 0.2) is 30.9 Å². The van der Waals surface area contributed by atoms with Crippen LogP contribution >= 0.6 is 0 Å². The number of hydrogen-bond donors (Lipinski definition) is 2. The monoisotopic (exact) mass is 270 g/mol. The van der Waals surface area contributed by atoms with Gasteiger partial charge in [-0.15, -0.1) is 0 Å². The number of nitrogen functional groups attached to an aromatic ring is 2. The number of rotatable bonds is 3. The Bertz CT molecular complexity index is 767. The van der Waals surface area contributed by atoms with Crippen LogP contribution in [0.4, 0.5) is 11.5 Å². The molecule has 20 heavy (non-hydrogen) atoms. The smallest absolute Gasteiger partial charge is 0.165 e. The summed E-state index contributed by atoms with van der Waals surface area (Å²) in [5.74, 6) is 1.14. The minimum Gasteiger partial charge on any atom is -0.496 e. The van der Waals surface area contributed by atoms with Crippen molar-refractivity contribution in [2.24, 2.45) is 0 Å². The van der Waals surface area contributed by atoms with Gasteiger partial charge in [-0.1, -0.05) is 0 Å². The number of anilines is 2. The average molecular weight is 270 g/mol. The predicted octanol–water partition coefficient (Wildman–Crippen LogP) is 1.05. The molecular weight excluding hydrogens is 256 g/mol. The van der Waals surface area contributed by atoms with E-state index >= 15 is 0 Å². The molecule has 2 aromatic heterocycles. The summed E-state index contributed by atoms with van der Waals surface area (Å²) in [5, 5.41) is 0. The fraction of sp³-hybridized carbons (Fsp3) is 0.154. The van der Waals surface area contributed by atoms with Crippen molar-refractivity contribution < 1.29 is 4.74 Å². The highest BCUT2D eigenvalue weighted by Gasteiger charge is 2.10. The maximum absolute atomic E-state index is 5.82. The van der Waals surface area contributed by atoms with E-state index in [1.165, 1.54) is 6.33 Å². The van der Waals surface area contributed by atoms with E-state index in [1.54, 1.807) is 19.5 Å². The highest BCUT2D eigenvalue weighted by atomic mass is 16.5. The van der Waals surface area contributed by atoms with Gasteiger partial charge in [-0.3, -0.25) is 0 Å². The van der Waals surface area contributed by atoms with Crippen molar-refractivity contribution in [3.05, 3.63) is 36.4 Å². The summed E-state index contributed by atoms with van der Waals surface area (Å²) < 4.78 is 7.22. The first-order chi connectivity index (χ1) is 9.69. The number of nitrogens with zero attached hydrogens (tertiary/aromatic N) is 4. The predicted molar refractivity (Wildman–Crippen MR) is 76.2 cm³/mol. The van der Waals surface area contributed by atoms with Gasteiger partial charge in [-0.2, -0.15) is 0 Å². The van der Waals surface area contributed by atoms with Crippen molar-refractivity contribution in [2.45, 2.75) is 6.54 Å². The number of aromatic nitrogens is 4. The van der Waals surface area contributed by atoms with Crippen LogP contribution in [0.2, 0.25) is 0 Å². The van der Waals surface area contributed by atoms with Gasteiger partial charge in [0, 0.05) is 11.3 Å². The Morgan fingerprint density at radius 2 is 2.05 bits per heavy atom. The average Bonchev–Trinajstić information content (AvgIpc) is 2.84. The topological polar surface area (TPSA) is 105 Å². The van der Waals surface area contributed by atoms with Crippen LogP contribution in [0, 0.1) is 0 Å². The number of fused-ring (bicyclic) bond motifs is 1. The van der Waals surface area contributed by atoms with Gasteiger partial charge in [0.1, 0.15) is 17.6 Å². The molecule has 0 aliphatic rings. The fourth-order valence-corrected chi connectivity index (χ4v) is 2.12. The van der Waals surface area contributed by atoms with Crippen LogP contribution in [-0.4, -0.2) is 26.6 Å². The molecule has 0 spiro atoms. The Hall–Kier alpha value is -2.83. The van der Waals surface area contributed by atoms with E-state index in [1.807, 2.05) is 16.7 Å². The zero-order valence-electron chi connectivity index (χ0n) is 10.9. The first-order valence-corrected chi connectivity index (χ1v) is 6.02. The Balaban J connectivity index is 2.06. The minimum atomic E-state index is 0.369. The Morgan fingerprint density at radius 1 is 1.20 bits per heavy atom. The molecule has 2 heterocycles. The standard InChI is InChI=1S/C13H14N6O/c1-20-10-3-2-9(14)4-8(10)5-19-7-18-11-12(15)16-6-17-13(11)19/h2-4,6-7H,5,14H2,1H3,(H2,15,16,17). The van der Waals surface area contributed by atoms with Gasteiger partial charge in [0.25, 0.3) is 0 Å². The highest BCUT2D eigenvalue weighted by molar-refractivity contribution is 5.81. The summed E-state index contributed by atoms with van der Waals surface area (Å²) in [6, 6.07) is 5.51. The molecule has 4 N–H and O–H groups in total. The number of imidazole rings is 1. The van der Waals surface area contributed by atoms with E-state index in [0.29, 0.717) is 29.2 Å². The van der Waals surface area contributed by atoms with Crippen molar-refractivity contribution in [3.8, 4) is 5.75 Å². The van der Waals surface area contributed by atoms with Gasteiger partial charge in [0.15, 0.2) is 11.5 Å². The molecule has 0 radical (unpaired) electrons. The van der Waals surface area contributed by atoms with E-state index in [4.69, 9.17) is 16.2 Å². The third-order valence-electron chi connectivity index (χ3n) is 3.07. The molecule has 3 aromatic rings. The molecule has 1 aromatic carbocycles. The molecule has 0 fully saturated rings.